The minimum atomic E-state index is -1.31. The first-order valence-electron chi connectivity index (χ1n) is 7.38. The fourth-order valence-corrected chi connectivity index (χ4v) is 1.68. The summed E-state index contributed by atoms with van der Waals surface area (Å²) >= 11 is 0. The molecule has 1 aromatic rings. The number of hydrogen-bond acceptors (Lipinski definition) is 4. The first kappa shape index (κ1) is 19.0. The summed E-state index contributed by atoms with van der Waals surface area (Å²) in [6.45, 7) is 1.83. The summed E-state index contributed by atoms with van der Waals surface area (Å²) in [7, 11) is 0. The second kappa shape index (κ2) is 9.86. The molecule has 7 heteroatoms. The highest BCUT2D eigenvalue weighted by atomic mass is 19.2. The van der Waals surface area contributed by atoms with Gasteiger partial charge < -0.3 is 9.47 Å². The summed E-state index contributed by atoms with van der Waals surface area (Å²) in [6, 6.07) is 1.04. The van der Waals surface area contributed by atoms with Crippen molar-refractivity contribution in [2.24, 2.45) is 0 Å². The van der Waals surface area contributed by atoms with E-state index in [0.29, 0.717) is 18.7 Å². The number of rotatable bonds is 9. The van der Waals surface area contributed by atoms with Gasteiger partial charge >= 0.3 is 11.9 Å². The second-order valence-electron chi connectivity index (χ2n) is 4.95. The van der Waals surface area contributed by atoms with Gasteiger partial charge in [0.2, 0.25) is 0 Å². The molecule has 0 aromatic heterocycles. The summed E-state index contributed by atoms with van der Waals surface area (Å²) in [5.74, 6) is -4.56. The first-order valence-corrected chi connectivity index (χ1v) is 7.38. The van der Waals surface area contributed by atoms with E-state index in [4.69, 9.17) is 9.47 Å². The van der Waals surface area contributed by atoms with Gasteiger partial charge in [-0.3, -0.25) is 9.59 Å². The van der Waals surface area contributed by atoms with E-state index in [0.717, 1.165) is 12.8 Å². The SMILES string of the molecule is CCCCOC(=O)CCCC(=O)OCc1cc(F)c(F)cc1F. The zero-order valence-corrected chi connectivity index (χ0v) is 12.9. The van der Waals surface area contributed by atoms with Gasteiger partial charge in [0.1, 0.15) is 12.4 Å². The maximum absolute atomic E-state index is 13.3. The number of carbonyl (C=O) groups excluding carboxylic acids is 2. The second-order valence-corrected chi connectivity index (χ2v) is 4.95. The van der Waals surface area contributed by atoms with E-state index in [9.17, 15) is 22.8 Å². The molecule has 0 saturated heterocycles. The monoisotopic (exact) mass is 332 g/mol. The zero-order chi connectivity index (χ0) is 17.2. The van der Waals surface area contributed by atoms with Crippen molar-refractivity contribution in [3.8, 4) is 0 Å². The number of hydrogen-bond donors (Lipinski definition) is 0. The van der Waals surface area contributed by atoms with Crippen molar-refractivity contribution >= 4 is 11.9 Å². The molecule has 4 nitrogen and oxygen atoms in total. The van der Waals surface area contributed by atoms with Crippen molar-refractivity contribution < 1.29 is 32.2 Å². The molecule has 0 aliphatic rings. The highest BCUT2D eigenvalue weighted by Crippen LogP contribution is 2.15. The fraction of sp³-hybridized carbons (Fsp3) is 0.500. The number of carbonyl (C=O) groups is 2. The van der Waals surface area contributed by atoms with Crippen LogP contribution in [-0.4, -0.2) is 18.5 Å². The Morgan fingerprint density at radius 3 is 2.17 bits per heavy atom. The van der Waals surface area contributed by atoms with E-state index >= 15 is 0 Å². The molecule has 0 N–H and O–H groups in total. The van der Waals surface area contributed by atoms with Gasteiger partial charge in [0.05, 0.1) is 6.61 Å². The third-order valence-electron chi connectivity index (χ3n) is 3.00. The predicted octanol–water partition coefficient (Wildman–Crippen LogP) is 3.66. The Balaban J connectivity index is 2.27. The minimum absolute atomic E-state index is 0.0474. The highest BCUT2D eigenvalue weighted by molar-refractivity contribution is 5.72. The number of benzene rings is 1. The topological polar surface area (TPSA) is 52.6 Å². The average molecular weight is 332 g/mol. The van der Waals surface area contributed by atoms with Crippen LogP contribution in [0.3, 0.4) is 0 Å². The molecule has 0 unspecified atom stereocenters. The molecule has 0 heterocycles. The molecule has 0 atom stereocenters. The standard InChI is InChI=1S/C16H19F3O4/c1-2-3-7-22-15(20)5-4-6-16(21)23-10-11-8-13(18)14(19)9-12(11)17/h8-9H,2-7,10H2,1H3. The van der Waals surface area contributed by atoms with Crippen LogP contribution < -0.4 is 0 Å². The molecule has 1 aromatic carbocycles. The lowest BCUT2D eigenvalue weighted by Gasteiger charge is -2.07. The molecule has 1 rings (SSSR count). The maximum Gasteiger partial charge on any atom is 0.306 e. The van der Waals surface area contributed by atoms with Crippen LogP contribution in [-0.2, 0) is 25.7 Å². The van der Waals surface area contributed by atoms with Crippen molar-refractivity contribution in [2.75, 3.05) is 6.61 Å². The lowest BCUT2D eigenvalue weighted by atomic mass is 10.2. The van der Waals surface area contributed by atoms with E-state index < -0.39 is 36.0 Å². The Bertz CT molecular complexity index is 546. The van der Waals surface area contributed by atoms with Crippen molar-refractivity contribution in [2.45, 2.75) is 45.6 Å². The van der Waals surface area contributed by atoms with Crippen molar-refractivity contribution in [1.29, 1.82) is 0 Å². The summed E-state index contributed by atoms with van der Waals surface area (Å²) < 4.78 is 48.7. The summed E-state index contributed by atoms with van der Waals surface area (Å²) in [5.41, 5.74) is -0.253. The molecule has 0 aliphatic heterocycles. The minimum Gasteiger partial charge on any atom is -0.466 e. The predicted molar refractivity (Wildman–Crippen MR) is 75.8 cm³/mol. The summed E-state index contributed by atoms with van der Waals surface area (Å²) in [6.07, 6.45) is 1.98. The van der Waals surface area contributed by atoms with Crippen LogP contribution in [0, 0.1) is 17.5 Å². The third kappa shape index (κ3) is 7.17. The molecule has 0 bridgehead atoms. The van der Waals surface area contributed by atoms with Crippen LogP contribution >= 0.6 is 0 Å². The molecule has 128 valence electrons. The van der Waals surface area contributed by atoms with Crippen molar-refractivity contribution in [3.05, 3.63) is 35.1 Å². The lowest BCUT2D eigenvalue weighted by Crippen LogP contribution is -2.09. The lowest BCUT2D eigenvalue weighted by molar-refractivity contribution is -0.146. The van der Waals surface area contributed by atoms with E-state index in [-0.39, 0.29) is 24.8 Å². The van der Waals surface area contributed by atoms with Gasteiger partial charge in [-0.2, -0.15) is 0 Å². The number of esters is 2. The molecule has 23 heavy (non-hydrogen) atoms. The van der Waals surface area contributed by atoms with Crippen molar-refractivity contribution in [1.82, 2.24) is 0 Å². The Morgan fingerprint density at radius 2 is 1.52 bits per heavy atom. The average Bonchev–Trinajstić information content (AvgIpc) is 2.50. The zero-order valence-electron chi connectivity index (χ0n) is 12.9. The molecule has 0 aliphatic carbocycles. The van der Waals surface area contributed by atoms with E-state index in [2.05, 4.69) is 0 Å². The third-order valence-corrected chi connectivity index (χ3v) is 3.00. The number of ether oxygens (including phenoxy) is 2. The molecular formula is C16H19F3O4. The first-order chi connectivity index (χ1) is 10.9. The highest BCUT2D eigenvalue weighted by Gasteiger charge is 2.12. The Kier molecular flexibility index (Phi) is 8.15. The van der Waals surface area contributed by atoms with Gasteiger partial charge in [-0.25, -0.2) is 13.2 Å². The Labute approximate surface area is 132 Å². The van der Waals surface area contributed by atoms with Gasteiger partial charge in [0.15, 0.2) is 11.6 Å². The van der Waals surface area contributed by atoms with Gasteiger partial charge in [-0.05, 0) is 18.9 Å². The van der Waals surface area contributed by atoms with Gasteiger partial charge in [0, 0.05) is 24.5 Å². The largest absolute Gasteiger partial charge is 0.466 e. The van der Waals surface area contributed by atoms with Crippen LogP contribution in [0.25, 0.3) is 0 Å². The van der Waals surface area contributed by atoms with Crippen LogP contribution in [0.5, 0.6) is 0 Å². The van der Waals surface area contributed by atoms with Crippen molar-refractivity contribution in [3.63, 3.8) is 0 Å². The van der Waals surface area contributed by atoms with Crippen LogP contribution in [0.4, 0.5) is 13.2 Å². The quantitative estimate of drug-likeness (QED) is 0.393. The van der Waals surface area contributed by atoms with Gasteiger partial charge in [0.25, 0.3) is 0 Å². The van der Waals surface area contributed by atoms with E-state index in [1.807, 2.05) is 6.92 Å². The Hall–Kier alpha value is -2.05. The maximum atomic E-state index is 13.3. The van der Waals surface area contributed by atoms with E-state index in [1.165, 1.54) is 0 Å². The molecular weight excluding hydrogens is 313 g/mol. The summed E-state index contributed by atoms with van der Waals surface area (Å²) in [5, 5.41) is 0. The normalized spacial score (nSPS) is 10.4. The Morgan fingerprint density at radius 1 is 0.913 bits per heavy atom. The van der Waals surface area contributed by atoms with Crippen LogP contribution in [0.15, 0.2) is 12.1 Å². The molecule has 0 fully saturated rings. The smallest absolute Gasteiger partial charge is 0.306 e. The van der Waals surface area contributed by atoms with E-state index in [1.54, 1.807) is 0 Å². The number of halogens is 3. The molecule has 0 saturated carbocycles. The molecule has 0 spiro atoms. The summed E-state index contributed by atoms with van der Waals surface area (Å²) in [4.78, 5) is 22.7. The van der Waals surface area contributed by atoms with Crippen LogP contribution in [0.2, 0.25) is 0 Å². The fourth-order valence-electron chi connectivity index (χ4n) is 1.68. The van der Waals surface area contributed by atoms with Gasteiger partial charge in [-0.1, -0.05) is 13.3 Å². The van der Waals surface area contributed by atoms with Crippen LogP contribution in [0.1, 0.15) is 44.6 Å². The molecule has 0 amide bonds. The molecule has 0 radical (unpaired) electrons. The number of unbranched alkanes of at least 4 members (excludes halogenated alkanes) is 1. The van der Waals surface area contributed by atoms with Gasteiger partial charge in [-0.15, -0.1) is 0 Å².